The molecule has 1 aromatic rings. The van der Waals surface area contributed by atoms with Gasteiger partial charge in [0, 0.05) is 0 Å². The lowest BCUT2D eigenvalue weighted by atomic mass is 9.81. The molecule has 1 aliphatic rings. The minimum Gasteiger partial charge on any atom is -0.633 e. The number of rotatable bonds is 6. The number of carbonyl (C=O) groups excluding carboxylic acids is 1. The SMILES string of the molecule is C[N+](C)([O-])CCOC(=O)C(c1ccccc1)C1(O)CCCC1.Cl. The Bertz CT molecular complexity index is 495. The number of ether oxygens (including phenoxy) is 1. The van der Waals surface area contributed by atoms with E-state index in [0.717, 1.165) is 18.4 Å². The highest BCUT2D eigenvalue weighted by Crippen LogP contribution is 2.41. The number of benzene rings is 1. The van der Waals surface area contributed by atoms with E-state index in [2.05, 4.69) is 0 Å². The minimum atomic E-state index is -1.04. The van der Waals surface area contributed by atoms with E-state index < -0.39 is 22.1 Å². The fraction of sp³-hybridized carbons (Fsp3) is 0.588. The van der Waals surface area contributed by atoms with Crippen LogP contribution in [-0.2, 0) is 9.53 Å². The molecule has 130 valence electrons. The van der Waals surface area contributed by atoms with Crippen LogP contribution in [0.25, 0.3) is 0 Å². The lowest BCUT2D eigenvalue weighted by Gasteiger charge is -2.34. The predicted molar refractivity (Wildman–Crippen MR) is 91.2 cm³/mol. The Labute approximate surface area is 143 Å². The van der Waals surface area contributed by atoms with E-state index in [-0.39, 0.29) is 25.6 Å². The van der Waals surface area contributed by atoms with Gasteiger partial charge in [0.2, 0.25) is 0 Å². The molecule has 23 heavy (non-hydrogen) atoms. The zero-order valence-electron chi connectivity index (χ0n) is 13.7. The molecular weight excluding hydrogens is 318 g/mol. The maximum Gasteiger partial charge on any atom is 0.316 e. The van der Waals surface area contributed by atoms with Crippen molar-refractivity contribution in [3.63, 3.8) is 0 Å². The average Bonchev–Trinajstić information content (AvgIpc) is 2.86. The summed E-state index contributed by atoms with van der Waals surface area (Å²) in [4.78, 5) is 12.5. The number of hydrogen-bond acceptors (Lipinski definition) is 4. The van der Waals surface area contributed by atoms with Crippen LogP contribution < -0.4 is 0 Å². The Morgan fingerprint density at radius 2 is 1.87 bits per heavy atom. The topological polar surface area (TPSA) is 69.6 Å². The summed E-state index contributed by atoms with van der Waals surface area (Å²) in [6.07, 6.45) is 3.03. The number of hydrogen-bond donors (Lipinski definition) is 1. The van der Waals surface area contributed by atoms with Crippen molar-refractivity contribution < 1.29 is 19.3 Å². The Kier molecular flexibility index (Phi) is 7.02. The van der Waals surface area contributed by atoms with Crippen LogP contribution in [0.1, 0.15) is 37.2 Å². The van der Waals surface area contributed by atoms with Gasteiger partial charge in [-0.1, -0.05) is 43.2 Å². The summed E-state index contributed by atoms with van der Waals surface area (Å²) < 4.78 is 4.79. The highest BCUT2D eigenvalue weighted by Gasteiger charge is 2.45. The summed E-state index contributed by atoms with van der Waals surface area (Å²) in [5.41, 5.74) is -0.270. The first-order valence-electron chi connectivity index (χ1n) is 7.80. The number of aliphatic hydroxyl groups is 1. The molecule has 0 bridgehead atoms. The minimum absolute atomic E-state index is 0. The van der Waals surface area contributed by atoms with Gasteiger partial charge in [-0.05, 0) is 18.4 Å². The van der Waals surface area contributed by atoms with Gasteiger partial charge in [-0.3, -0.25) is 4.79 Å². The van der Waals surface area contributed by atoms with Crippen molar-refractivity contribution in [1.82, 2.24) is 0 Å². The fourth-order valence-electron chi connectivity index (χ4n) is 3.04. The molecule has 2 rings (SSSR count). The largest absolute Gasteiger partial charge is 0.633 e. The molecule has 1 unspecified atom stereocenters. The van der Waals surface area contributed by atoms with Crippen molar-refractivity contribution in [2.24, 2.45) is 0 Å². The predicted octanol–water partition coefficient (Wildman–Crippen LogP) is 2.61. The maximum absolute atomic E-state index is 12.5. The molecule has 0 radical (unpaired) electrons. The summed E-state index contributed by atoms with van der Waals surface area (Å²) in [5, 5.41) is 22.4. The van der Waals surface area contributed by atoms with Crippen LogP contribution in [0.2, 0.25) is 0 Å². The van der Waals surface area contributed by atoms with Crippen LogP contribution in [0.5, 0.6) is 0 Å². The van der Waals surface area contributed by atoms with Crippen molar-refractivity contribution in [2.75, 3.05) is 27.2 Å². The van der Waals surface area contributed by atoms with Gasteiger partial charge in [0.1, 0.15) is 19.1 Å². The van der Waals surface area contributed by atoms with Gasteiger partial charge in [0.15, 0.2) is 0 Å². The zero-order valence-corrected chi connectivity index (χ0v) is 14.6. The summed E-state index contributed by atoms with van der Waals surface area (Å²) >= 11 is 0. The fourth-order valence-corrected chi connectivity index (χ4v) is 3.04. The van der Waals surface area contributed by atoms with Crippen molar-refractivity contribution in [2.45, 2.75) is 37.2 Å². The number of halogens is 1. The third kappa shape index (κ3) is 5.46. The average molecular weight is 344 g/mol. The first kappa shape index (κ1) is 19.9. The van der Waals surface area contributed by atoms with E-state index in [9.17, 15) is 15.1 Å². The quantitative estimate of drug-likeness (QED) is 0.489. The van der Waals surface area contributed by atoms with E-state index >= 15 is 0 Å². The molecule has 1 N–H and O–H groups in total. The van der Waals surface area contributed by atoms with E-state index in [1.54, 1.807) is 0 Å². The lowest BCUT2D eigenvalue weighted by molar-refractivity contribution is -0.840. The van der Waals surface area contributed by atoms with Crippen LogP contribution in [0.3, 0.4) is 0 Å². The van der Waals surface area contributed by atoms with Gasteiger partial charge in [0.25, 0.3) is 0 Å². The summed E-state index contributed by atoms with van der Waals surface area (Å²) in [6, 6.07) is 9.27. The van der Waals surface area contributed by atoms with Gasteiger partial charge in [-0.2, -0.15) is 0 Å². The van der Waals surface area contributed by atoms with Crippen LogP contribution >= 0.6 is 12.4 Å². The van der Waals surface area contributed by atoms with Gasteiger partial charge in [0.05, 0.1) is 19.7 Å². The van der Waals surface area contributed by atoms with Gasteiger partial charge >= 0.3 is 5.97 Å². The number of likely N-dealkylation sites (N-methyl/N-ethyl adjacent to an activating group) is 1. The first-order chi connectivity index (χ1) is 10.3. The number of quaternary nitrogens is 1. The van der Waals surface area contributed by atoms with Crippen molar-refractivity contribution >= 4 is 18.4 Å². The van der Waals surface area contributed by atoms with Crippen LogP contribution in [0.4, 0.5) is 0 Å². The molecule has 0 heterocycles. The molecule has 0 aliphatic heterocycles. The van der Waals surface area contributed by atoms with Crippen LogP contribution in [0.15, 0.2) is 30.3 Å². The van der Waals surface area contributed by atoms with Crippen LogP contribution in [0, 0.1) is 5.21 Å². The Morgan fingerprint density at radius 1 is 1.30 bits per heavy atom. The smallest absolute Gasteiger partial charge is 0.316 e. The summed E-state index contributed by atoms with van der Waals surface area (Å²) in [5.74, 6) is -1.12. The van der Waals surface area contributed by atoms with Gasteiger partial charge < -0.3 is 19.7 Å². The second-order valence-corrected chi connectivity index (χ2v) is 6.62. The molecule has 1 aromatic carbocycles. The molecule has 1 aliphatic carbocycles. The third-order valence-electron chi connectivity index (χ3n) is 4.25. The molecule has 6 heteroatoms. The van der Waals surface area contributed by atoms with Crippen LogP contribution in [-0.4, -0.2) is 48.6 Å². The third-order valence-corrected chi connectivity index (χ3v) is 4.25. The first-order valence-corrected chi connectivity index (χ1v) is 7.80. The molecule has 5 nitrogen and oxygen atoms in total. The lowest BCUT2D eigenvalue weighted by Crippen LogP contribution is -2.41. The normalized spacial score (nSPS) is 18.1. The summed E-state index contributed by atoms with van der Waals surface area (Å²) in [7, 11) is 3.01. The molecular formula is C17H26ClNO4. The Hall–Kier alpha value is -1.14. The van der Waals surface area contributed by atoms with Gasteiger partial charge in [-0.25, -0.2) is 0 Å². The maximum atomic E-state index is 12.5. The standard InChI is InChI=1S/C17H25NO4.ClH/c1-18(2,21)12-13-22-16(19)15(14-8-4-3-5-9-14)17(20)10-6-7-11-17;/h3-5,8-9,15,20H,6-7,10-13H2,1-2H3;1H. The van der Waals surface area contributed by atoms with E-state index in [0.29, 0.717) is 12.8 Å². The Morgan fingerprint density at radius 3 is 2.39 bits per heavy atom. The molecule has 1 atom stereocenters. The van der Waals surface area contributed by atoms with Crippen molar-refractivity contribution in [1.29, 1.82) is 0 Å². The number of carbonyl (C=O) groups is 1. The molecule has 0 aromatic heterocycles. The second kappa shape index (κ2) is 8.11. The summed E-state index contributed by atoms with van der Waals surface area (Å²) in [6.45, 7) is 0.264. The molecule has 0 spiro atoms. The van der Waals surface area contributed by atoms with Crippen molar-refractivity contribution in [3.05, 3.63) is 41.1 Å². The number of esters is 1. The van der Waals surface area contributed by atoms with Crippen molar-refractivity contribution in [3.8, 4) is 0 Å². The van der Waals surface area contributed by atoms with E-state index in [1.165, 1.54) is 14.1 Å². The number of nitrogens with zero attached hydrogens (tertiary/aromatic N) is 1. The highest BCUT2D eigenvalue weighted by atomic mass is 35.5. The molecule has 0 amide bonds. The monoisotopic (exact) mass is 343 g/mol. The van der Waals surface area contributed by atoms with E-state index in [4.69, 9.17) is 4.74 Å². The van der Waals surface area contributed by atoms with E-state index in [1.807, 2.05) is 30.3 Å². The zero-order chi connectivity index (χ0) is 16.2. The highest BCUT2D eigenvalue weighted by molar-refractivity contribution is 5.85. The molecule has 1 fully saturated rings. The molecule has 1 saturated carbocycles. The second-order valence-electron chi connectivity index (χ2n) is 6.62. The number of hydroxylamine groups is 3. The molecule has 0 saturated heterocycles. The Balaban J connectivity index is 0.00000264. The van der Waals surface area contributed by atoms with Gasteiger partial charge in [-0.15, -0.1) is 12.4 Å².